The molecule has 2 rings (SSSR count). The molecule has 1 aliphatic rings. The van der Waals surface area contributed by atoms with Gasteiger partial charge >= 0.3 is 0 Å². The Morgan fingerprint density at radius 2 is 2.14 bits per heavy atom. The van der Waals surface area contributed by atoms with E-state index in [-0.39, 0.29) is 24.3 Å². The summed E-state index contributed by atoms with van der Waals surface area (Å²) in [6.07, 6.45) is 4.37. The van der Waals surface area contributed by atoms with Crippen LogP contribution >= 0.6 is 0 Å². The van der Waals surface area contributed by atoms with Gasteiger partial charge in [0.15, 0.2) is 18.2 Å². The van der Waals surface area contributed by atoms with Gasteiger partial charge in [0.1, 0.15) is 0 Å². The van der Waals surface area contributed by atoms with Gasteiger partial charge < -0.3 is 15.4 Å². The molecule has 0 saturated heterocycles. The third-order valence-corrected chi connectivity index (χ3v) is 3.68. The monoisotopic (exact) mass is 294 g/mol. The lowest BCUT2D eigenvalue weighted by Crippen LogP contribution is -2.36. The van der Waals surface area contributed by atoms with E-state index in [1.807, 2.05) is 6.92 Å². The predicted octanol–water partition coefficient (Wildman–Crippen LogP) is 2.37. The van der Waals surface area contributed by atoms with E-state index in [9.17, 15) is 9.18 Å². The first-order valence-electron chi connectivity index (χ1n) is 7.61. The number of nitrogens with one attached hydrogen (secondary N) is 2. The van der Waals surface area contributed by atoms with Crippen LogP contribution < -0.4 is 15.4 Å². The van der Waals surface area contributed by atoms with Crippen LogP contribution in [-0.2, 0) is 11.3 Å². The van der Waals surface area contributed by atoms with Crippen LogP contribution in [0.25, 0.3) is 0 Å². The number of hydrogen-bond acceptors (Lipinski definition) is 3. The number of amides is 1. The van der Waals surface area contributed by atoms with Crippen LogP contribution in [0.2, 0.25) is 0 Å². The number of hydrogen-bond donors (Lipinski definition) is 2. The third kappa shape index (κ3) is 4.70. The molecule has 0 aliphatic heterocycles. The van der Waals surface area contributed by atoms with Crippen molar-refractivity contribution in [2.75, 3.05) is 13.2 Å². The Balaban J connectivity index is 1.90. The van der Waals surface area contributed by atoms with Crippen molar-refractivity contribution in [3.8, 4) is 5.75 Å². The van der Waals surface area contributed by atoms with Crippen molar-refractivity contribution >= 4 is 5.91 Å². The minimum absolute atomic E-state index is 0.142. The second kappa shape index (κ2) is 7.98. The van der Waals surface area contributed by atoms with Gasteiger partial charge in [-0.15, -0.1) is 0 Å². The zero-order valence-electron chi connectivity index (χ0n) is 12.5. The molecule has 0 bridgehead atoms. The van der Waals surface area contributed by atoms with Crippen molar-refractivity contribution < 1.29 is 13.9 Å². The molecule has 0 aromatic heterocycles. The van der Waals surface area contributed by atoms with Crippen molar-refractivity contribution in [3.63, 3.8) is 0 Å². The second-order valence-electron chi connectivity index (χ2n) is 5.35. The Morgan fingerprint density at radius 3 is 2.86 bits per heavy atom. The van der Waals surface area contributed by atoms with Crippen molar-refractivity contribution in [1.29, 1.82) is 0 Å². The number of carbonyl (C=O) groups excluding carboxylic acids is 1. The predicted molar refractivity (Wildman–Crippen MR) is 79.7 cm³/mol. The van der Waals surface area contributed by atoms with Crippen molar-refractivity contribution in [1.82, 2.24) is 10.6 Å². The highest BCUT2D eigenvalue weighted by Crippen LogP contribution is 2.23. The number of halogens is 1. The summed E-state index contributed by atoms with van der Waals surface area (Å²) >= 11 is 0. The van der Waals surface area contributed by atoms with E-state index in [0.717, 1.165) is 37.8 Å². The highest BCUT2D eigenvalue weighted by atomic mass is 19.1. The van der Waals surface area contributed by atoms with Gasteiger partial charge in [-0.1, -0.05) is 31.9 Å². The SMILES string of the molecule is CCNCc1cccc(F)c1OCC(=O)NC1CCCC1. The summed E-state index contributed by atoms with van der Waals surface area (Å²) in [5.41, 5.74) is 0.727. The van der Waals surface area contributed by atoms with Crippen molar-refractivity contribution in [3.05, 3.63) is 29.6 Å². The minimum Gasteiger partial charge on any atom is -0.480 e. The Morgan fingerprint density at radius 1 is 1.38 bits per heavy atom. The largest absolute Gasteiger partial charge is 0.480 e. The van der Waals surface area contributed by atoms with Gasteiger partial charge in [-0.05, 0) is 25.5 Å². The van der Waals surface area contributed by atoms with Gasteiger partial charge in [-0.2, -0.15) is 0 Å². The van der Waals surface area contributed by atoms with Crippen LogP contribution in [-0.4, -0.2) is 25.1 Å². The Hall–Kier alpha value is -1.62. The van der Waals surface area contributed by atoms with Crippen molar-refractivity contribution in [2.24, 2.45) is 0 Å². The molecule has 1 fully saturated rings. The Labute approximate surface area is 125 Å². The normalized spacial score (nSPS) is 15.1. The van der Waals surface area contributed by atoms with E-state index in [1.165, 1.54) is 6.07 Å². The number of benzene rings is 1. The van der Waals surface area contributed by atoms with Crippen LogP contribution in [0, 0.1) is 5.82 Å². The third-order valence-electron chi connectivity index (χ3n) is 3.68. The molecular formula is C16H23FN2O2. The highest BCUT2D eigenvalue weighted by Gasteiger charge is 2.18. The zero-order chi connectivity index (χ0) is 15.1. The molecule has 0 atom stereocenters. The maximum absolute atomic E-state index is 13.8. The van der Waals surface area contributed by atoms with Crippen molar-refractivity contribution in [2.45, 2.75) is 45.2 Å². The molecule has 1 aromatic carbocycles. The number of rotatable bonds is 7. The van der Waals surface area contributed by atoms with Gasteiger partial charge in [0, 0.05) is 18.2 Å². The Kier molecular flexibility index (Phi) is 5.99. The molecule has 1 saturated carbocycles. The summed E-state index contributed by atoms with van der Waals surface area (Å²) in [5.74, 6) is -0.446. The van der Waals surface area contributed by atoms with Gasteiger partial charge in [0.2, 0.25) is 0 Å². The number of carbonyl (C=O) groups is 1. The lowest BCUT2D eigenvalue weighted by molar-refractivity contribution is -0.123. The van der Waals surface area contributed by atoms with E-state index in [1.54, 1.807) is 12.1 Å². The molecule has 4 nitrogen and oxygen atoms in total. The van der Waals surface area contributed by atoms with Crippen LogP contribution in [0.3, 0.4) is 0 Å². The standard InChI is InChI=1S/C16H23FN2O2/c1-2-18-10-12-6-5-9-14(17)16(12)21-11-15(20)19-13-7-3-4-8-13/h5-6,9,13,18H,2-4,7-8,10-11H2,1H3,(H,19,20). The van der Waals surface area contributed by atoms with Crippen LogP contribution in [0.4, 0.5) is 4.39 Å². The molecule has 1 aromatic rings. The molecule has 0 spiro atoms. The molecular weight excluding hydrogens is 271 g/mol. The summed E-state index contributed by atoms with van der Waals surface area (Å²) in [4.78, 5) is 11.8. The van der Waals surface area contributed by atoms with E-state index in [0.29, 0.717) is 6.54 Å². The number of ether oxygens (including phenoxy) is 1. The van der Waals surface area contributed by atoms with Crippen LogP contribution in [0.5, 0.6) is 5.75 Å². The lowest BCUT2D eigenvalue weighted by atomic mass is 10.2. The van der Waals surface area contributed by atoms with E-state index >= 15 is 0 Å². The molecule has 0 heterocycles. The smallest absolute Gasteiger partial charge is 0.258 e. The summed E-state index contributed by atoms with van der Waals surface area (Å²) in [5, 5.41) is 6.06. The summed E-state index contributed by atoms with van der Waals surface area (Å²) in [6, 6.07) is 5.05. The van der Waals surface area contributed by atoms with Crippen LogP contribution in [0.1, 0.15) is 38.2 Å². The maximum Gasteiger partial charge on any atom is 0.258 e. The molecule has 5 heteroatoms. The fourth-order valence-corrected chi connectivity index (χ4v) is 2.59. The Bertz CT molecular complexity index is 473. The molecule has 2 N–H and O–H groups in total. The topological polar surface area (TPSA) is 50.4 Å². The highest BCUT2D eigenvalue weighted by molar-refractivity contribution is 5.77. The molecule has 1 aliphatic carbocycles. The zero-order valence-corrected chi connectivity index (χ0v) is 12.5. The summed E-state index contributed by atoms with van der Waals surface area (Å²) < 4.78 is 19.3. The first kappa shape index (κ1) is 15.8. The average Bonchev–Trinajstić information content (AvgIpc) is 2.97. The molecule has 21 heavy (non-hydrogen) atoms. The molecule has 0 radical (unpaired) electrons. The first-order valence-corrected chi connectivity index (χ1v) is 7.61. The van der Waals surface area contributed by atoms with E-state index in [4.69, 9.17) is 4.74 Å². The molecule has 1 amide bonds. The van der Waals surface area contributed by atoms with Gasteiger partial charge in [0.05, 0.1) is 0 Å². The average molecular weight is 294 g/mol. The fraction of sp³-hybridized carbons (Fsp3) is 0.562. The minimum atomic E-state index is -0.431. The fourth-order valence-electron chi connectivity index (χ4n) is 2.59. The first-order chi connectivity index (χ1) is 10.2. The maximum atomic E-state index is 13.8. The van der Waals surface area contributed by atoms with Crippen LogP contribution in [0.15, 0.2) is 18.2 Å². The molecule has 116 valence electrons. The molecule has 0 unspecified atom stereocenters. The summed E-state index contributed by atoms with van der Waals surface area (Å²) in [7, 11) is 0. The van der Waals surface area contributed by atoms with E-state index in [2.05, 4.69) is 10.6 Å². The van der Waals surface area contributed by atoms with Gasteiger partial charge in [-0.3, -0.25) is 4.79 Å². The second-order valence-corrected chi connectivity index (χ2v) is 5.35. The van der Waals surface area contributed by atoms with E-state index < -0.39 is 5.82 Å². The lowest BCUT2D eigenvalue weighted by Gasteiger charge is -2.15. The quantitative estimate of drug-likeness (QED) is 0.812. The van der Waals surface area contributed by atoms with Gasteiger partial charge in [-0.25, -0.2) is 4.39 Å². The van der Waals surface area contributed by atoms with Gasteiger partial charge in [0.25, 0.3) is 5.91 Å². The number of para-hydroxylation sites is 1. The summed E-state index contributed by atoms with van der Waals surface area (Å²) in [6.45, 7) is 3.15.